The van der Waals surface area contributed by atoms with Crippen LogP contribution in [0.1, 0.15) is 60.8 Å². The Balaban J connectivity index is 3.10. The van der Waals surface area contributed by atoms with Crippen LogP contribution in [-0.4, -0.2) is 0 Å². The molecule has 0 N–H and O–H groups in total. The molecule has 0 amide bonds. The molecule has 0 fully saturated rings. The van der Waals surface area contributed by atoms with Crippen LogP contribution >= 0.6 is 0 Å². The molecule has 0 saturated carbocycles. The second kappa shape index (κ2) is 3.15. The summed E-state index contributed by atoms with van der Waals surface area (Å²) in [5.74, 6) is 0. The molecular weight excluding hydrogens is 156 g/mol. The predicted molar refractivity (Wildman–Crippen MR) is 59.8 cm³/mol. The Morgan fingerprint density at radius 1 is 1.00 bits per heavy atom. The van der Waals surface area contributed by atoms with Crippen LogP contribution in [0.2, 0.25) is 0 Å². The van der Waals surface area contributed by atoms with Crippen molar-refractivity contribution < 1.29 is 0 Å². The van der Waals surface area contributed by atoms with Crippen LogP contribution in [-0.2, 0) is 0 Å². The molecule has 0 heterocycles. The Morgan fingerprint density at radius 2 is 1.54 bits per heavy atom. The zero-order valence-corrected chi connectivity index (χ0v) is 10.1. The third kappa shape index (κ3) is 1.68. The maximum atomic E-state index is 2.42. The van der Waals surface area contributed by atoms with Crippen molar-refractivity contribution in [3.63, 3.8) is 0 Å². The van der Waals surface area contributed by atoms with Crippen LogP contribution < -0.4 is 0 Å². The fourth-order valence-electron chi connectivity index (χ4n) is 2.37. The summed E-state index contributed by atoms with van der Waals surface area (Å²) in [5.41, 5.74) is 4.20. The first-order valence-corrected chi connectivity index (χ1v) is 5.52. The van der Waals surface area contributed by atoms with E-state index in [-0.39, 0.29) is 0 Å². The topological polar surface area (TPSA) is 0 Å². The predicted octanol–water partition coefficient (Wildman–Crippen LogP) is 4.56. The van der Waals surface area contributed by atoms with Crippen LogP contribution in [0.4, 0.5) is 0 Å². The fraction of sp³-hybridized carbons (Fsp3) is 0.846. The van der Waals surface area contributed by atoms with Crippen molar-refractivity contribution >= 4 is 0 Å². The molecule has 1 aliphatic carbocycles. The van der Waals surface area contributed by atoms with E-state index in [9.17, 15) is 0 Å². The van der Waals surface area contributed by atoms with E-state index in [4.69, 9.17) is 0 Å². The maximum Gasteiger partial charge on any atom is -0.0119 e. The van der Waals surface area contributed by atoms with Gasteiger partial charge in [0.05, 0.1) is 0 Å². The van der Waals surface area contributed by atoms with E-state index >= 15 is 0 Å². The minimum atomic E-state index is 0.443. The molecule has 76 valence electrons. The first-order chi connectivity index (χ1) is 5.83. The molecule has 0 nitrogen and oxygen atoms in total. The average molecular weight is 180 g/mol. The van der Waals surface area contributed by atoms with Gasteiger partial charge in [0, 0.05) is 0 Å². The molecule has 0 heteroatoms. The Bertz CT molecular complexity index is 232. The first kappa shape index (κ1) is 10.8. The van der Waals surface area contributed by atoms with Gasteiger partial charge in [0.25, 0.3) is 0 Å². The standard InChI is InChI=1S/C13H24/c1-7-13(6)9-8-12(4,5)10(2)11(13)3/h7-9H2,1-6H3. The Hall–Kier alpha value is -0.260. The van der Waals surface area contributed by atoms with Gasteiger partial charge in [-0.2, -0.15) is 0 Å². The smallest absolute Gasteiger partial charge is 0.0119 e. The van der Waals surface area contributed by atoms with Gasteiger partial charge < -0.3 is 0 Å². The minimum Gasteiger partial charge on any atom is -0.0682 e. The molecule has 1 rings (SSSR count). The van der Waals surface area contributed by atoms with Gasteiger partial charge in [-0.1, -0.05) is 38.8 Å². The molecule has 0 spiro atoms. The van der Waals surface area contributed by atoms with Crippen molar-refractivity contribution in [2.24, 2.45) is 10.8 Å². The summed E-state index contributed by atoms with van der Waals surface area (Å²) in [6.45, 7) is 14.1. The molecule has 0 aromatic carbocycles. The lowest BCUT2D eigenvalue weighted by atomic mass is 9.62. The molecule has 1 unspecified atom stereocenters. The minimum absolute atomic E-state index is 0.443. The summed E-state index contributed by atoms with van der Waals surface area (Å²) < 4.78 is 0. The third-order valence-corrected chi connectivity index (χ3v) is 4.57. The summed E-state index contributed by atoms with van der Waals surface area (Å²) in [5, 5.41) is 0. The Labute approximate surface area is 83.4 Å². The van der Waals surface area contributed by atoms with Crippen LogP contribution in [0.3, 0.4) is 0 Å². The van der Waals surface area contributed by atoms with E-state index in [1.54, 1.807) is 11.1 Å². The second-order valence-corrected chi connectivity index (χ2v) is 5.55. The van der Waals surface area contributed by atoms with Crippen molar-refractivity contribution in [3.8, 4) is 0 Å². The van der Waals surface area contributed by atoms with Crippen LogP contribution in [0, 0.1) is 10.8 Å². The van der Waals surface area contributed by atoms with Gasteiger partial charge in [0.1, 0.15) is 0 Å². The molecule has 0 radical (unpaired) electrons. The number of allylic oxidation sites excluding steroid dienone is 2. The fourth-order valence-corrected chi connectivity index (χ4v) is 2.37. The highest BCUT2D eigenvalue weighted by molar-refractivity contribution is 5.26. The lowest BCUT2D eigenvalue weighted by Crippen LogP contribution is -2.30. The third-order valence-electron chi connectivity index (χ3n) is 4.57. The van der Waals surface area contributed by atoms with E-state index in [2.05, 4.69) is 41.5 Å². The van der Waals surface area contributed by atoms with Gasteiger partial charge in [-0.15, -0.1) is 0 Å². The van der Waals surface area contributed by atoms with Crippen LogP contribution in [0.5, 0.6) is 0 Å². The molecule has 1 atom stereocenters. The van der Waals surface area contributed by atoms with Crippen molar-refractivity contribution in [1.29, 1.82) is 0 Å². The van der Waals surface area contributed by atoms with E-state index in [1.165, 1.54) is 19.3 Å². The molecule has 0 saturated heterocycles. The Kier molecular flexibility index (Phi) is 2.62. The summed E-state index contributed by atoms with van der Waals surface area (Å²) in [6.07, 6.45) is 3.99. The van der Waals surface area contributed by atoms with Crippen molar-refractivity contribution in [1.82, 2.24) is 0 Å². The summed E-state index contributed by atoms with van der Waals surface area (Å²) in [7, 11) is 0. The van der Waals surface area contributed by atoms with Gasteiger partial charge in [-0.3, -0.25) is 0 Å². The summed E-state index contributed by atoms with van der Waals surface area (Å²) in [6, 6.07) is 0. The Morgan fingerprint density at radius 3 is 2.00 bits per heavy atom. The number of hydrogen-bond acceptors (Lipinski definition) is 0. The summed E-state index contributed by atoms with van der Waals surface area (Å²) in [4.78, 5) is 0. The van der Waals surface area contributed by atoms with Crippen LogP contribution in [0.15, 0.2) is 11.1 Å². The van der Waals surface area contributed by atoms with E-state index in [1.807, 2.05) is 0 Å². The van der Waals surface area contributed by atoms with Gasteiger partial charge in [0.15, 0.2) is 0 Å². The molecule has 0 aromatic rings. The van der Waals surface area contributed by atoms with Crippen molar-refractivity contribution in [3.05, 3.63) is 11.1 Å². The SMILES string of the molecule is CCC1(C)CCC(C)(C)C(C)=C1C. The van der Waals surface area contributed by atoms with E-state index in [0.717, 1.165) is 0 Å². The lowest BCUT2D eigenvalue weighted by Gasteiger charge is -2.43. The van der Waals surface area contributed by atoms with Gasteiger partial charge >= 0.3 is 0 Å². The number of hydrogen-bond donors (Lipinski definition) is 0. The van der Waals surface area contributed by atoms with Crippen molar-refractivity contribution in [2.45, 2.75) is 60.8 Å². The first-order valence-electron chi connectivity index (χ1n) is 5.52. The zero-order chi connectivity index (χ0) is 10.3. The number of rotatable bonds is 1. The van der Waals surface area contributed by atoms with Gasteiger partial charge in [-0.05, 0) is 43.9 Å². The zero-order valence-electron chi connectivity index (χ0n) is 10.1. The molecule has 0 aromatic heterocycles. The van der Waals surface area contributed by atoms with Crippen molar-refractivity contribution in [2.75, 3.05) is 0 Å². The highest BCUT2D eigenvalue weighted by Crippen LogP contribution is 2.49. The average Bonchev–Trinajstić information content (AvgIpc) is 2.10. The summed E-state index contributed by atoms with van der Waals surface area (Å²) >= 11 is 0. The van der Waals surface area contributed by atoms with E-state index in [0.29, 0.717) is 10.8 Å². The second-order valence-electron chi connectivity index (χ2n) is 5.55. The van der Waals surface area contributed by atoms with E-state index < -0.39 is 0 Å². The highest BCUT2D eigenvalue weighted by Gasteiger charge is 2.36. The maximum absolute atomic E-state index is 2.42. The highest BCUT2D eigenvalue weighted by atomic mass is 14.4. The van der Waals surface area contributed by atoms with Crippen LogP contribution in [0.25, 0.3) is 0 Å². The lowest BCUT2D eigenvalue weighted by molar-refractivity contribution is 0.237. The molecule has 0 bridgehead atoms. The van der Waals surface area contributed by atoms with Gasteiger partial charge in [0.2, 0.25) is 0 Å². The molecular formula is C13H24. The largest absolute Gasteiger partial charge is 0.0682 e. The quantitative estimate of drug-likeness (QED) is 0.519. The monoisotopic (exact) mass is 180 g/mol. The van der Waals surface area contributed by atoms with Gasteiger partial charge in [-0.25, -0.2) is 0 Å². The normalized spacial score (nSPS) is 33.7. The molecule has 1 aliphatic rings. The molecule has 0 aliphatic heterocycles. The molecule has 13 heavy (non-hydrogen) atoms.